The van der Waals surface area contributed by atoms with Gasteiger partial charge in [-0.25, -0.2) is 0 Å². The predicted molar refractivity (Wildman–Crippen MR) is 86.1 cm³/mol. The van der Waals surface area contributed by atoms with Crippen LogP contribution in [0.1, 0.15) is 52.0 Å². The summed E-state index contributed by atoms with van der Waals surface area (Å²) in [5.41, 5.74) is 3.24. The quantitative estimate of drug-likeness (QED) is 0.771. The SMILES string of the molecule is CCCNCc1cnccc1N1CCC(CC)(CC)C1. The van der Waals surface area contributed by atoms with Gasteiger partial charge in [0.05, 0.1) is 0 Å². The third-order valence-corrected chi connectivity index (χ3v) is 4.90. The van der Waals surface area contributed by atoms with Crippen LogP contribution >= 0.6 is 0 Å². The number of anilines is 1. The molecule has 112 valence electrons. The van der Waals surface area contributed by atoms with Crippen LogP contribution in [0.5, 0.6) is 0 Å². The van der Waals surface area contributed by atoms with Gasteiger partial charge in [0.2, 0.25) is 0 Å². The molecule has 1 aliphatic rings. The Hall–Kier alpha value is -1.09. The van der Waals surface area contributed by atoms with Gasteiger partial charge < -0.3 is 10.2 Å². The van der Waals surface area contributed by atoms with Gasteiger partial charge in [-0.3, -0.25) is 4.98 Å². The van der Waals surface area contributed by atoms with Crippen LogP contribution in [0.4, 0.5) is 5.69 Å². The fraction of sp³-hybridized carbons (Fsp3) is 0.706. The lowest BCUT2D eigenvalue weighted by Gasteiger charge is -2.28. The molecule has 1 fully saturated rings. The smallest absolute Gasteiger partial charge is 0.0443 e. The number of nitrogens with one attached hydrogen (secondary N) is 1. The zero-order valence-corrected chi connectivity index (χ0v) is 13.3. The summed E-state index contributed by atoms with van der Waals surface area (Å²) in [6.45, 7) is 11.3. The number of hydrogen-bond acceptors (Lipinski definition) is 3. The molecule has 2 rings (SSSR count). The van der Waals surface area contributed by atoms with Gasteiger partial charge in [0.15, 0.2) is 0 Å². The monoisotopic (exact) mass is 275 g/mol. The van der Waals surface area contributed by atoms with Crippen molar-refractivity contribution in [1.82, 2.24) is 10.3 Å². The molecule has 3 nitrogen and oxygen atoms in total. The number of rotatable bonds is 7. The average Bonchev–Trinajstić information content (AvgIpc) is 2.93. The molecular weight excluding hydrogens is 246 g/mol. The minimum absolute atomic E-state index is 0.525. The van der Waals surface area contributed by atoms with E-state index in [-0.39, 0.29) is 0 Å². The van der Waals surface area contributed by atoms with E-state index in [4.69, 9.17) is 0 Å². The van der Waals surface area contributed by atoms with Gasteiger partial charge in [-0.15, -0.1) is 0 Å². The second kappa shape index (κ2) is 7.07. The molecule has 2 heterocycles. The molecule has 1 aromatic rings. The van der Waals surface area contributed by atoms with Crippen molar-refractivity contribution in [2.24, 2.45) is 5.41 Å². The van der Waals surface area contributed by atoms with Crippen molar-refractivity contribution in [1.29, 1.82) is 0 Å². The number of hydrogen-bond donors (Lipinski definition) is 1. The predicted octanol–water partition coefficient (Wildman–Crippen LogP) is 3.60. The summed E-state index contributed by atoms with van der Waals surface area (Å²) in [4.78, 5) is 6.87. The molecule has 1 N–H and O–H groups in total. The van der Waals surface area contributed by atoms with Crippen LogP contribution < -0.4 is 10.2 Å². The summed E-state index contributed by atoms with van der Waals surface area (Å²) in [5.74, 6) is 0. The third kappa shape index (κ3) is 3.32. The highest BCUT2D eigenvalue weighted by Crippen LogP contribution is 2.39. The largest absolute Gasteiger partial charge is 0.371 e. The first-order chi connectivity index (χ1) is 9.74. The van der Waals surface area contributed by atoms with Crippen molar-refractivity contribution in [3.63, 3.8) is 0 Å². The van der Waals surface area contributed by atoms with Crippen molar-refractivity contribution in [3.8, 4) is 0 Å². The molecule has 1 saturated heterocycles. The fourth-order valence-corrected chi connectivity index (χ4v) is 3.23. The summed E-state index contributed by atoms with van der Waals surface area (Å²) in [5, 5.41) is 3.50. The zero-order valence-electron chi connectivity index (χ0n) is 13.3. The maximum atomic E-state index is 4.31. The third-order valence-electron chi connectivity index (χ3n) is 4.90. The van der Waals surface area contributed by atoms with Crippen molar-refractivity contribution in [3.05, 3.63) is 24.0 Å². The Bertz CT molecular complexity index is 412. The van der Waals surface area contributed by atoms with E-state index < -0.39 is 0 Å². The maximum absolute atomic E-state index is 4.31. The minimum Gasteiger partial charge on any atom is -0.371 e. The fourth-order valence-electron chi connectivity index (χ4n) is 3.23. The summed E-state index contributed by atoms with van der Waals surface area (Å²) in [7, 11) is 0. The van der Waals surface area contributed by atoms with Gasteiger partial charge in [0.25, 0.3) is 0 Å². The van der Waals surface area contributed by atoms with Crippen LogP contribution in [0.25, 0.3) is 0 Å². The summed E-state index contributed by atoms with van der Waals surface area (Å²) >= 11 is 0. The highest BCUT2D eigenvalue weighted by Gasteiger charge is 2.35. The Balaban J connectivity index is 2.09. The van der Waals surface area contributed by atoms with E-state index in [1.54, 1.807) is 0 Å². The molecular formula is C17H29N3. The molecule has 3 heteroatoms. The van der Waals surface area contributed by atoms with E-state index in [9.17, 15) is 0 Å². The van der Waals surface area contributed by atoms with Crippen LogP contribution in [0.15, 0.2) is 18.5 Å². The molecule has 0 atom stereocenters. The Morgan fingerprint density at radius 1 is 1.30 bits per heavy atom. The molecule has 0 amide bonds. The Labute approximate surface area is 123 Å². The summed E-state index contributed by atoms with van der Waals surface area (Å²) < 4.78 is 0. The number of pyridine rings is 1. The second-order valence-electron chi connectivity index (χ2n) is 6.06. The van der Waals surface area contributed by atoms with Gasteiger partial charge in [-0.1, -0.05) is 20.8 Å². The topological polar surface area (TPSA) is 28.2 Å². The molecule has 0 bridgehead atoms. The van der Waals surface area contributed by atoms with E-state index in [0.717, 1.165) is 13.1 Å². The number of nitrogens with zero attached hydrogens (tertiary/aromatic N) is 2. The Morgan fingerprint density at radius 2 is 2.10 bits per heavy atom. The minimum atomic E-state index is 0.525. The first kappa shape index (κ1) is 15.3. The Morgan fingerprint density at radius 3 is 2.75 bits per heavy atom. The first-order valence-corrected chi connectivity index (χ1v) is 8.13. The molecule has 0 saturated carbocycles. The maximum Gasteiger partial charge on any atom is 0.0443 e. The van der Waals surface area contributed by atoms with Crippen molar-refractivity contribution >= 4 is 5.69 Å². The van der Waals surface area contributed by atoms with Gasteiger partial charge in [-0.2, -0.15) is 0 Å². The average molecular weight is 275 g/mol. The molecule has 0 spiro atoms. The molecule has 1 aliphatic heterocycles. The van der Waals surface area contributed by atoms with Crippen LogP contribution in [-0.4, -0.2) is 24.6 Å². The van der Waals surface area contributed by atoms with Gasteiger partial charge in [0, 0.05) is 43.3 Å². The van der Waals surface area contributed by atoms with Crippen LogP contribution in [0.3, 0.4) is 0 Å². The van der Waals surface area contributed by atoms with Gasteiger partial charge >= 0.3 is 0 Å². The van der Waals surface area contributed by atoms with Crippen molar-refractivity contribution in [2.75, 3.05) is 24.5 Å². The van der Waals surface area contributed by atoms with Gasteiger partial charge in [0.1, 0.15) is 0 Å². The van der Waals surface area contributed by atoms with Crippen molar-refractivity contribution in [2.45, 2.75) is 53.0 Å². The van der Waals surface area contributed by atoms with Crippen LogP contribution in [0, 0.1) is 5.41 Å². The van der Waals surface area contributed by atoms with Crippen LogP contribution in [-0.2, 0) is 6.54 Å². The normalized spacial score (nSPS) is 17.6. The lowest BCUT2D eigenvalue weighted by molar-refractivity contribution is 0.301. The lowest BCUT2D eigenvalue weighted by Crippen LogP contribution is -2.27. The molecule has 0 unspecified atom stereocenters. The molecule has 0 aliphatic carbocycles. The summed E-state index contributed by atoms with van der Waals surface area (Å²) in [6.07, 6.45) is 9.02. The van der Waals surface area contributed by atoms with E-state index in [1.807, 2.05) is 12.4 Å². The van der Waals surface area contributed by atoms with E-state index in [2.05, 4.69) is 42.0 Å². The first-order valence-electron chi connectivity index (χ1n) is 8.13. The highest BCUT2D eigenvalue weighted by atomic mass is 15.2. The van der Waals surface area contributed by atoms with Gasteiger partial charge in [-0.05, 0) is 43.7 Å². The summed E-state index contributed by atoms with van der Waals surface area (Å²) in [6, 6.07) is 2.18. The molecule has 1 aromatic heterocycles. The zero-order chi connectivity index (χ0) is 14.4. The molecule has 20 heavy (non-hydrogen) atoms. The molecule has 0 radical (unpaired) electrons. The van der Waals surface area contributed by atoms with E-state index in [0.29, 0.717) is 5.41 Å². The highest BCUT2D eigenvalue weighted by molar-refractivity contribution is 5.53. The van der Waals surface area contributed by atoms with Crippen LogP contribution in [0.2, 0.25) is 0 Å². The van der Waals surface area contributed by atoms with E-state index >= 15 is 0 Å². The van der Waals surface area contributed by atoms with E-state index in [1.165, 1.54) is 50.0 Å². The molecule has 0 aromatic carbocycles. The lowest BCUT2D eigenvalue weighted by atomic mass is 9.82. The second-order valence-corrected chi connectivity index (χ2v) is 6.06. The number of aromatic nitrogens is 1. The Kier molecular flexibility index (Phi) is 5.41. The van der Waals surface area contributed by atoms with Crippen molar-refractivity contribution < 1.29 is 0 Å². The standard InChI is InChI=1S/C17H29N3/c1-4-9-18-12-15-13-19-10-7-16(15)20-11-8-17(5-2,6-3)14-20/h7,10,13,18H,4-6,8-9,11-12,14H2,1-3H3.